The second kappa shape index (κ2) is 7.41. The van der Waals surface area contributed by atoms with Gasteiger partial charge in [0.05, 0.1) is 6.61 Å². The maximum absolute atomic E-state index is 11.6. The lowest BCUT2D eigenvalue weighted by Gasteiger charge is -2.10. The molecule has 0 heterocycles. The van der Waals surface area contributed by atoms with Crippen LogP contribution in [0, 0.1) is 0 Å². The number of amides is 1. The summed E-state index contributed by atoms with van der Waals surface area (Å²) in [5, 5.41) is 3.77. The lowest BCUT2D eigenvalue weighted by atomic mass is 10.2. The van der Waals surface area contributed by atoms with Crippen LogP contribution in [0.3, 0.4) is 0 Å². The molecule has 5 heteroatoms. The first-order chi connectivity index (χ1) is 8.54. The van der Waals surface area contributed by atoms with Crippen molar-refractivity contribution in [1.29, 1.82) is 0 Å². The molecule has 3 nitrogen and oxygen atoms in total. The Hall–Kier alpha value is -1.03. The van der Waals surface area contributed by atoms with E-state index in [1.54, 1.807) is 31.4 Å². The standard InChI is InChI=1S/C13H15Cl2NO2/c1-9(8-18-2)16-13(17)7-6-10-11(14)4-3-5-12(10)15/h3-7,9H,8H2,1-2H3,(H,16,17)/b7-6+. The van der Waals surface area contributed by atoms with E-state index in [0.29, 0.717) is 22.2 Å². The smallest absolute Gasteiger partial charge is 0.244 e. The second-order valence-corrected chi connectivity index (χ2v) is 4.65. The van der Waals surface area contributed by atoms with Crippen LogP contribution in [0.1, 0.15) is 12.5 Å². The van der Waals surface area contributed by atoms with E-state index in [4.69, 9.17) is 27.9 Å². The van der Waals surface area contributed by atoms with Crippen molar-refractivity contribution in [2.45, 2.75) is 13.0 Å². The van der Waals surface area contributed by atoms with E-state index in [9.17, 15) is 4.79 Å². The molecule has 18 heavy (non-hydrogen) atoms. The summed E-state index contributed by atoms with van der Waals surface area (Å²) < 4.78 is 4.92. The zero-order valence-electron chi connectivity index (χ0n) is 10.2. The number of nitrogens with one attached hydrogen (secondary N) is 1. The molecule has 1 aromatic rings. The van der Waals surface area contributed by atoms with Gasteiger partial charge in [0.1, 0.15) is 0 Å². The quantitative estimate of drug-likeness (QED) is 0.845. The van der Waals surface area contributed by atoms with E-state index in [1.165, 1.54) is 6.08 Å². The van der Waals surface area contributed by atoms with Gasteiger partial charge in [-0.3, -0.25) is 4.79 Å². The fourth-order valence-electron chi connectivity index (χ4n) is 1.41. The molecule has 98 valence electrons. The molecule has 1 rings (SSSR count). The number of methoxy groups -OCH3 is 1. The van der Waals surface area contributed by atoms with Crippen molar-refractivity contribution in [3.63, 3.8) is 0 Å². The molecule has 0 spiro atoms. The van der Waals surface area contributed by atoms with Gasteiger partial charge in [-0.2, -0.15) is 0 Å². The summed E-state index contributed by atoms with van der Waals surface area (Å²) in [4.78, 5) is 11.6. The largest absolute Gasteiger partial charge is 0.383 e. The molecular weight excluding hydrogens is 273 g/mol. The minimum Gasteiger partial charge on any atom is -0.383 e. The lowest BCUT2D eigenvalue weighted by Crippen LogP contribution is -2.34. The lowest BCUT2D eigenvalue weighted by molar-refractivity contribution is -0.117. The third-order valence-corrected chi connectivity index (χ3v) is 2.87. The van der Waals surface area contributed by atoms with Crippen molar-refractivity contribution in [1.82, 2.24) is 5.32 Å². The molecule has 1 amide bonds. The van der Waals surface area contributed by atoms with Gasteiger partial charge in [0.2, 0.25) is 5.91 Å². The van der Waals surface area contributed by atoms with Crippen molar-refractivity contribution in [2.75, 3.05) is 13.7 Å². The van der Waals surface area contributed by atoms with Gasteiger partial charge in [0, 0.05) is 34.8 Å². The van der Waals surface area contributed by atoms with Gasteiger partial charge in [0.25, 0.3) is 0 Å². The first kappa shape index (κ1) is 15.0. The van der Waals surface area contributed by atoms with Gasteiger partial charge in [-0.15, -0.1) is 0 Å². The van der Waals surface area contributed by atoms with Crippen LogP contribution >= 0.6 is 23.2 Å². The van der Waals surface area contributed by atoms with Crippen LogP contribution in [0.2, 0.25) is 10.0 Å². The Morgan fingerprint density at radius 1 is 1.44 bits per heavy atom. The number of rotatable bonds is 5. The van der Waals surface area contributed by atoms with Gasteiger partial charge in [-0.25, -0.2) is 0 Å². The number of ether oxygens (including phenoxy) is 1. The SMILES string of the molecule is COCC(C)NC(=O)/C=C/c1c(Cl)cccc1Cl. The fourth-order valence-corrected chi connectivity index (χ4v) is 1.94. The number of hydrogen-bond donors (Lipinski definition) is 1. The van der Waals surface area contributed by atoms with Crippen molar-refractivity contribution >= 4 is 35.2 Å². The highest BCUT2D eigenvalue weighted by Gasteiger charge is 2.05. The van der Waals surface area contributed by atoms with Crippen molar-refractivity contribution in [3.8, 4) is 0 Å². The van der Waals surface area contributed by atoms with Gasteiger partial charge in [-0.05, 0) is 25.1 Å². The Kier molecular flexibility index (Phi) is 6.19. The van der Waals surface area contributed by atoms with Crippen molar-refractivity contribution < 1.29 is 9.53 Å². The number of hydrogen-bond acceptors (Lipinski definition) is 2. The molecule has 1 unspecified atom stereocenters. The molecule has 0 saturated carbocycles. The maximum Gasteiger partial charge on any atom is 0.244 e. The number of benzene rings is 1. The molecule has 0 radical (unpaired) electrons. The van der Waals surface area contributed by atoms with Gasteiger partial charge in [-0.1, -0.05) is 29.3 Å². The van der Waals surface area contributed by atoms with Crippen LogP contribution in [0.25, 0.3) is 6.08 Å². The molecule has 0 saturated heterocycles. The minimum atomic E-state index is -0.212. The summed E-state index contributed by atoms with van der Waals surface area (Å²) in [6.07, 6.45) is 3.00. The van der Waals surface area contributed by atoms with E-state index in [2.05, 4.69) is 5.32 Å². The van der Waals surface area contributed by atoms with Crippen LogP contribution < -0.4 is 5.32 Å². The highest BCUT2D eigenvalue weighted by molar-refractivity contribution is 6.37. The predicted octanol–water partition coefficient (Wildman–Crippen LogP) is 3.16. The molecule has 1 aromatic carbocycles. The molecule has 0 fully saturated rings. The average Bonchev–Trinajstić information content (AvgIpc) is 2.28. The Morgan fingerprint density at radius 3 is 2.61 bits per heavy atom. The van der Waals surface area contributed by atoms with Crippen LogP contribution in [-0.4, -0.2) is 25.7 Å². The monoisotopic (exact) mass is 287 g/mol. The van der Waals surface area contributed by atoms with Crippen molar-refractivity contribution in [2.24, 2.45) is 0 Å². The van der Waals surface area contributed by atoms with E-state index in [1.807, 2.05) is 6.92 Å². The van der Waals surface area contributed by atoms with Gasteiger partial charge < -0.3 is 10.1 Å². The first-order valence-corrected chi connectivity index (χ1v) is 6.21. The molecule has 1 atom stereocenters. The molecular formula is C13H15Cl2NO2. The first-order valence-electron chi connectivity index (χ1n) is 5.46. The van der Waals surface area contributed by atoms with Crippen LogP contribution in [0.15, 0.2) is 24.3 Å². The number of carbonyl (C=O) groups is 1. The Balaban J connectivity index is 2.66. The Bertz CT molecular complexity index is 426. The van der Waals surface area contributed by atoms with E-state index < -0.39 is 0 Å². The van der Waals surface area contributed by atoms with E-state index in [-0.39, 0.29) is 11.9 Å². The third-order valence-electron chi connectivity index (χ3n) is 2.21. The predicted molar refractivity (Wildman–Crippen MR) is 75.0 cm³/mol. The van der Waals surface area contributed by atoms with Crippen LogP contribution in [-0.2, 0) is 9.53 Å². The summed E-state index contributed by atoms with van der Waals surface area (Å²) in [5.74, 6) is -0.212. The topological polar surface area (TPSA) is 38.3 Å². The van der Waals surface area contributed by atoms with Gasteiger partial charge in [0.15, 0.2) is 0 Å². The van der Waals surface area contributed by atoms with E-state index in [0.717, 1.165) is 0 Å². The summed E-state index contributed by atoms with van der Waals surface area (Å²) in [6, 6.07) is 5.15. The fraction of sp³-hybridized carbons (Fsp3) is 0.308. The maximum atomic E-state index is 11.6. The molecule has 0 aliphatic rings. The molecule has 0 aromatic heterocycles. The highest BCUT2D eigenvalue weighted by Crippen LogP contribution is 2.25. The molecule has 1 N–H and O–H groups in total. The summed E-state index contributed by atoms with van der Waals surface area (Å²) in [7, 11) is 1.59. The van der Waals surface area contributed by atoms with Gasteiger partial charge >= 0.3 is 0 Å². The zero-order chi connectivity index (χ0) is 13.5. The van der Waals surface area contributed by atoms with Crippen LogP contribution in [0.5, 0.6) is 0 Å². The third kappa shape index (κ3) is 4.69. The minimum absolute atomic E-state index is 0.0473. The summed E-state index contributed by atoms with van der Waals surface area (Å²) in [5.41, 5.74) is 0.635. The summed E-state index contributed by atoms with van der Waals surface area (Å²) in [6.45, 7) is 2.32. The van der Waals surface area contributed by atoms with E-state index >= 15 is 0 Å². The number of carbonyl (C=O) groups excluding carboxylic acids is 1. The zero-order valence-corrected chi connectivity index (χ0v) is 11.8. The number of halogens is 2. The Labute approximate surface area is 117 Å². The Morgan fingerprint density at radius 2 is 2.06 bits per heavy atom. The average molecular weight is 288 g/mol. The second-order valence-electron chi connectivity index (χ2n) is 3.83. The molecule has 0 aliphatic carbocycles. The molecule has 0 aliphatic heterocycles. The van der Waals surface area contributed by atoms with Crippen LogP contribution in [0.4, 0.5) is 0 Å². The normalized spacial score (nSPS) is 12.7. The highest BCUT2D eigenvalue weighted by atomic mass is 35.5. The molecule has 0 bridgehead atoms. The summed E-state index contributed by atoms with van der Waals surface area (Å²) >= 11 is 12.0. The van der Waals surface area contributed by atoms with Crippen molar-refractivity contribution in [3.05, 3.63) is 39.9 Å².